The van der Waals surface area contributed by atoms with Gasteiger partial charge in [0.15, 0.2) is 0 Å². The molecule has 4 fully saturated rings. The minimum absolute atomic E-state index is 0. The second kappa shape index (κ2) is 38.0. The van der Waals surface area contributed by atoms with Crippen LogP contribution >= 0.6 is 23.1 Å². The van der Waals surface area contributed by atoms with Gasteiger partial charge in [0.05, 0.1) is 41.9 Å². The maximum Gasteiger partial charge on any atom is 0.339 e. The molecule has 4 aliphatic carbocycles. The Morgan fingerprint density at radius 1 is 0.654 bits per heavy atom. The van der Waals surface area contributed by atoms with Gasteiger partial charge in [0, 0.05) is 34.4 Å². The van der Waals surface area contributed by atoms with Gasteiger partial charge in [-0.3, -0.25) is 4.79 Å². The van der Waals surface area contributed by atoms with Gasteiger partial charge < -0.3 is 33.9 Å². The van der Waals surface area contributed by atoms with Gasteiger partial charge in [-0.05, 0) is 247 Å². The lowest BCUT2D eigenvalue weighted by Gasteiger charge is -2.57. The van der Waals surface area contributed by atoms with Crippen LogP contribution in [0.4, 0.5) is 4.39 Å². The molecule has 0 amide bonds. The lowest BCUT2D eigenvalue weighted by atomic mass is 9.48. The van der Waals surface area contributed by atoms with Crippen LogP contribution in [-0.2, 0) is 31.5 Å². The van der Waals surface area contributed by atoms with Crippen molar-refractivity contribution in [3.63, 3.8) is 0 Å². The van der Waals surface area contributed by atoms with Crippen molar-refractivity contribution in [2.75, 3.05) is 39.3 Å². The second-order valence-corrected chi connectivity index (χ2v) is 30.3. The third-order valence-electron chi connectivity index (χ3n) is 20.0. The average molecular weight is 1440 g/mol. The predicted molar refractivity (Wildman–Crippen MR) is 417 cm³/mol. The number of thioether (sulfide) groups is 1. The first kappa shape index (κ1) is 79.0. The monoisotopic (exact) mass is 1440 g/mol. The van der Waals surface area contributed by atoms with E-state index in [4.69, 9.17) is 33.9 Å². The summed E-state index contributed by atoms with van der Waals surface area (Å²) < 4.78 is 40.6. The molecule has 16 heteroatoms. The van der Waals surface area contributed by atoms with Gasteiger partial charge in [0.1, 0.15) is 34.6 Å². The minimum atomic E-state index is -1.29. The van der Waals surface area contributed by atoms with Gasteiger partial charge in [-0.15, -0.1) is 23.1 Å². The number of hydrogen-bond donors (Lipinski definition) is 2. The fraction of sp³-hybridized carbons (Fsp3) is 0.386. The number of pyridine rings is 1. The van der Waals surface area contributed by atoms with E-state index in [1.165, 1.54) is 152 Å². The number of carboxylic acids is 2. The lowest BCUT2D eigenvalue weighted by molar-refractivity contribution is -0.120. The molecule has 14 rings (SSSR count). The number of fused-ring (bicyclic) bond motifs is 2. The maximum absolute atomic E-state index is 13.8. The Hall–Kier alpha value is -9.14. The van der Waals surface area contributed by atoms with Crippen LogP contribution in [0.2, 0.25) is 0 Å². The van der Waals surface area contributed by atoms with Gasteiger partial charge in [0.2, 0.25) is 5.88 Å². The smallest absolute Gasteiger partial charge is 0.339 e. The molecule has 13 nitrogen and oxygen atoms in total. The van der Waals surface area contributed by atoms with Crippen LogP contribution in [0, 0.1) is 42.3 Å². The molecular weight excluding hydrogens is 1340 g/mol. The number of unbranched alkanes of at least 4 members (excludes halogenated alkanes) is 6. The molecule has 546 valence electrons. The number of nitrogens with zero attached hydrogens (tertiary/aromatic N) is 2. The highest BCUT2D eigenvalue weighted by Gasteiger charge is 2.52. The summed E-state index contributed by atoms with van der Waals surface area (Å²) in [4.78, 5) is 54.8. The Morgan fingerprint density at radius 3 is 1.95 bits per heavy atom. The molecule has 9 aromatic rings. The Labute approximate surface area is 621 Å². The standard InChI is InChI=1S/C28H28O3.C21H21NO2S.C21H26O2.C17H20FNO4S.CH4/c1-30-27-7-5-24(21-2-3-23-12-25(31-17-29)6-4-22(23)11-21)13-26(27)28-14-18-8-19(15-28)10-20(9-18)16-28;1-4-24-20(23)16-7-9-17(22-14-16)8-5-15-6-10-19-18(13-15)21(2,3)11-12-25-19;1-2-3-4-5-6-7-8-17-9-11-18(12-10-17)19-13-15-20(16-14-19)21(22)23;1-3-4-7-22-8-9-23-15-11(2)24-16(19-15)12-5-6-13(17(20)21)14(18)10-12;/h2-7,11-13,17-20H,8-10,14-16H2,1H3;6-7,9-10,13-14H,4,11-12H2,1-3H3;9-16H,2-8H2,1H3,(H,22,23);5-6,10H,3-4,7-9H2,1-2H3,(H,20,21);1H4. The number of benzene rings is 7. The summed E-state index contributed by atoms with van der Waals surface area (Å²) in [5.74, 6) is 8.96. The van der Waals surface area contributed by atoms with Crippen molar-refractivity contribution in [3.8, 4) is 62.0 Å². The van der Waals surface area contributed by atoms with E-state index in [9.17, 15) is 23.6 Å². The van der Waals surface area contributed by atoms with Crippen molar-refractivity contribution in [1.29, 1.82) is 0 Å². The van der Waals surface area contributed by atoms with E-state index in [1.54, 1.807) is 37.3 Å². The van der Waals surface area contributed by atoms with Gasteiger partial charge in [-0.1, -0.05) is 146 Å². The first-order valence-electron chi connectivity index (χ1n) is 36.3. The van der Waals surface area contributed by atoms with Crippen LogP contribution in [0.15, 0.2) is 163 Å². The van der Waals surface area contributed by atoms with Crippen LogP contribution in [0.5, 0.6) is 17.4 Å². The highest BCUT2D eigenvalue weighted by atomic mass is 32.2. The topological polar surface area (TPSA) is 181 Å². The SMILES string of the molecule is C.CCCCCCCCc1ccc(-c2ccc(C(=O)O)cc2)cc1.CCCCOCCOc1nc(-c2ccc(C(=O)O)c(F)c2)sc1C.CCOC(=O)c1ccc(C#Cc2ccc3c(c2)C(C)(C)CCS3)nc1.COc1ccc(-c2ccc3cc(OC=O)ccc3c2)cc1C12CC3CC(CC(C3)C1)C2. The van der Waals surface area contributed by atoms with Crippen molar-refractivity contribution in [3.05, 3.63) is 213 Å². The van der Waals surface area contributed by atoms with Crippen molar-refractivity contribution in [2.24, 2.45) is 17.8 Å². The zero-order valence-corrected chi connectivity index (χ0v) is 62.0. The summed E-state index contributed by atoms with van der Waals surface area (Å²) in [6.07, 6.45) is 22.2. The van der Waals surface area contributed by atoms with Crippen LogP contribution in [0.25, 0.3) is 43.6 Å². The molecule has 7 aromatic carbocycles. The van der Waals surface area contributed by atoms with Gasteiger partial charge in [-0.25, -0.2) is 28.7 Å². The minimum Gasteiger partial charge on any atom is -0.496 e. The number of carbonyl (C=O) groups excluding carboxylic acids is 2. The molecule has 1 aliphatic heterocycles. The van der Waals surface area contributed by atoms with E-state index < -0.39 is 17.8 Å². The third-order valence-corrected chi connectivity index (χ3v) is 22.1. The number of halogens is 1. The highest BCUT2D eigenvalue weighted by molar-refractivity contribution is 7.99. The number of rotatable bonds is 25. The quantitative estimate of drug-likeness (QED) is 0.0239. The molecule has 2 aromatic heterocycles. The fourth-order valence-corrected chi connectivity index (χ4v) is 17.2. The number of aromatic nitrogens is 2. The van der Waals surface area contributed by atoms with E-state index in [0.717, 1.165) is 81.7 Å². The fourth-order valence-electron chi connectivity index (χ4n) is 14.8. The Kier molecular flexibility index (Phi) is 28.9. The molecule has 0 radical (unpaired) electrons. The molecular formula is C88H99FN2O11S2. The summed E-state index contributed by atoms with van der Waals surface area (Å²) in [5, 5.41) is 20.6. The highest BCUT2D eigenvalue weighted by Crippen LogP contribution is 2.62. The summed E-state index contributed by atoms with van der Waals surface area (Å²) in [6, 6.07) is 48.5. The number of aromatic carboxylic acids is 2. The second-order valence-electron chi connectivity index (χ2n) is 27.9. The number of aryl methyl sites for hydroxylation is 2. The zero-order valence-electron chi connectivity index (χ0n) is 60.3. The van der Waals surface area contributed by atoms with Crippen molar-refractivity contribution in [2.45, 2.75) is 167 Å². The van der Waals surface area contributed by atoms with E-state index in [1.807, 2.05) is 56.1 Å². The molecule has 0 unspecified atom stereocenters. The number of carbonyl (C=O) groups is 4. The van der Waals surface area contributed by atoms with E-state index in [0.29, 0.717) is 70.7 Å². The number of carboxylic acid groups (broad SMARTS) is 2. The Morgan fingerprint density at radius 2 is 1.30 bits per heavy atom. The number of hydrogen-bond acceptors (Lipinski definition) is 13. The van der Waals surface area contributed by atoms with Crippen molar-refractivity contribution >= 4 is 58.3 Å². The van der Waals surface area contributed by atoms with Crippen LogP contribution in [-0.4, -0.2) is 83.9 Å². The Balaban J connectivity index is 0.000000162. The predicted octanol–water partition coefficient (Wildman–Crippen LogP) is 21.7. The third kappa shape index (κ3) is 21.1. The molecule has 2 N–H and O–H groups in total. The molecule has 3 heterocycles. The van der Waals surface area contributed by atoms with Crippen molar-refractivity contribution in [1.82, 2.24) is 9.97 Å². The summed E-state index contributed by atoms with van der Waals surface area (Å²) in [6.45, 7) is 15.0. The largest absolute Gasteiger partial charge is 0.496 e. The molecule has 0 saturated heterocycles. The molecule has 4 bridgehead atoms. The van der Waals surface area contributed by atoms with E-state index in [-0.39, 0.29) is 24.4 Å². The molecule has 4 saturated carbocycles. The number of esters is 1. The maximum atomic E-state index is 13.8. The summed E-state index contributed by atoms with van der Waals surface area (Å²) in [5.41, 5.74) is 11.9. The van der Waals surface area contributed by atoms with E-state index in [2.05, 4.69) is 128 Å². The van der Waals surface area contributed by atoms with Crippen LogP contribution in [0.1, 0.15) is 202 Å². The number of thiazole rings is 1. The molecule has 0 atom stereocenters. The first-order chi connectivity index (χ1) is 49.9. The number of methoxy groups -OCH3 is 1. The van der Waals surface area contributed by atoms with Gasteiger partial charge >= 0.3 is 17.9 Å². The zero-order chi connectivity index (χ0) is 72.9. The van der Waals surface area contributed by atoms with Gasteiger partial charge in [0.25, 0.3) is 6.47 Å². The lowest BCUT2D eigenvalue weighted by Crippen LogP contribution is -2.48. The average Bonchev–Trinajstić information content (AvgIpc) is 0.776. The summed E-state index contributed by atoms with van der Waals surface area (Å²) >= 11 is 3.29. The first-order valence-corrected chi connectivity index (χ1v) is 38.1. The summed E-state index contributed by atoms with van der Waals surface area (Å²) in [7, 11) is 1.81. The molecule has 0 spiro atoms. The molecule has 104 heavy (non-hydrogen) atoms. The Bertz CT molecular complexity index is 4390. The van der Waals surface area contributed by atoms with Gasteiger partial charge in [-0.2, -0.15) is 0 Å². The number of ether oxygens (including phenoxy) is 5. The molecule has 5 aliphatic rings. The normalized spacial score (nSPS) is 16.9. The van der Waals surface area contributed by atoms with Crippen LogP contribution < -0.4 is 14.2 Å². The van der Waals surface area contributed by atoms with E-state index >= 15 is 0 Å². The van der Waals surface area contributed by atoms with Crippen molar-refractivity contribution < 1.29 is 57.5 Å². The van der Waals surface area contributed by atoms with Crippen LogP contribution in [0.3, 0.4) is 0 Å².